The van der Waals surface area contributed by atoms with Gasteiger partial charge >= 0.3 is 0 Å². The number of nitrogens with two attached hydrogens (primary N) is 1. The van der Waals surface area contributed by atoms with Crippen molar-refractivity contribution in [3.8, 4) is 0 Å². The summed E-state index contributed by atoms with van der Waals surface area (Å²) in [7, 11) is -1.34. The highest BCUT2D eigenvalue weighted by Gasteiger charge is 2.32. The van der Waals surface area contributed by atoms with Crippen LogP contribution in [0.1, 0.15) is 33.6 Å². The highest BCUT2D eigenvalue weighted by atomic mass is 32.2. The molecule has 1 aliphatic heterocycles. The van der Waals surface area contributed by atoms with Gasteiger partial charge in [-0.2, -0.15) is 0 Å². The number of methoxy groups -OCH3 is 1. The number of hydrogen-bond donors (Lipinski definition) is 1. The van der Waals surface area contributed by atoms with Crippen LogP contribution in [0.4, 0.5) is 0 Å². The van der Waals surface area contributed by atoms with Crippen molar-refractivity contribution in [3.05, 3.63) is 0 Å². The van der Waals surface area contributed by atoms with Crippen LogP contribution in [0.5, 0.6) is 0 Å². The summed E-state index contributed by atoms with van der Waals surface area (Å²) < 4.78 is 28.9. The Morgan fingerprint density at radius 1 is 1.37 bits per heavy atom. The van der Waals surface area contributed by atoms with Crippen LogP contribution >= 0.6 is 0 Å². The van der Waals surface area contributed by atoms with Crippen LogP contribution < -0.4 is 5.73 Å². The number of hydrogen-bond acceptors (Lipinski definition) is 5. The van der Waals surface area contributed by atoms with Gasteiger partial charge in [-0.25, -0.2) is 8.42 Å². The number of ether oxygens (including phenoxy) is 1. The fourth-order valence-electron chi connectivity index (χ4n) is 2.36. The minimum Gasteiger partial charge on any atom is -0.381 e. The predicted molar refractivity (Wildman–Crippen MR) is 78.0 cm³/mol. The lowest BCUT2D eigenvalue weighted by molar-refractivity contribution is 0.0156. The van der Waals surface area contributed by atoms with Crippen molar-refractivity contribution in [2.75, 3.05) is 32.5 Å². The van der Waals surface area contributed by atoms with E-state index >= 15 is 0 Å². The third-order valence-corrected chi connectivity index (χ3v) is 6.56. The summed E-state index contributed by atoms with van der Waals surface area (Å²) in [5.41, 5.74) is 5.79. The molecule has 1 saturated heterocycles. The number of likely N-dealkylation sites (tertiary alicyclic amines) is 1. The number of rotatable bonds is 5. The van der Waals surface area contributed by atoms with E-state index in [0.717, 1.165) is 19.4 Å². The lowest BCUT2D eigenvalue weighted by Gasteiger charge is -2.38. The standard InChI is InChI=1S/C13H28N2O3S/c1-13(2,3)19(16,17)8-7-15-6-5-12(18-4)9-11(15)10-14/h11-12H,5-10,14H2,1-4H3. The van der Waals surface area contributed by atoms with Crippen LogP contribution in [-0.4, -0.2) is 62.7 Å². The Bertz CT molecular complexity index is 376. The van der Waals surface area contributed by atoms with Crippen molar-refractivity contribution < 1.29 is 13.2 Å². The molecule has 0 aromatic carbocycles. The minimum absolute atomic E-state index is 0.199. The van der Waals surface area contributed by atoms with E-state index in [1.807, 2.05) is 0 Å². The van der Waals surface area contributed by atoms with Gasteiger partial charge in [-0.05, 0) is 33.6 Å². The fraction of sp³-hybridized carbons (Fsp3) is 1.00. The maximum absolute atomic E-state index is 12.1. The van der Waals surface area contributed by atoms with E-state index in [0.29, 0.717) is 13.1 Å². The molecular formula is C13H28N2O3S. The molecule has 0 spiro atoms. The van der Waals surface area contributed by atoms with Gasteiger partial charge in [-0.3, -0.25) is 4.90 Å². The molecule has 0 bridgehead atoms. The van der Waals surface area contributed by atoms with Gasteiger partial charge in [0.2, 0.25) is 0 Å². The first kappa shape index (κ1) is 16.9. The van der Waals surface area contributed by atoms with E-state index in [4.69, 9.17) is 10.5 Å². The summed E-state index contributed by atoms with van der Waals surface area (Å²) in [6.07, 6.45) is 2.09. The van der Waals surface area contributed by atoms with Gasteiger partial charge in [-0.15, -0.1) is 0 Å². The topological polar surface area (TPSA) is 72.6 Å². The second-order valence-electron chi connectivity index (χ2n) is 6.24. The molecule has 5 nitrogen and oxygen atoms in total. The van der Waals surface area contributed by atoms with E-state index in [2.05, 4.69) is 4.90 Å². The van der Waals surface area contributed by atoms with E-state index < -0.39 is 14.6 Å². The molecule has 2 unspecified atom stereocenters. The molecule has 1 fully saturated rings. The maximum atomic E-state index is 12.1. The molecule has 1 aliphatic rings. The first-order valence-electron chi connectivity index (χ1n) is 6.90. The lowest BCUT2D eigenvalue weighted by atomic mass is 9.99. The summed E-state index contributed by atoms with van der Waals surface area (Å²) in [6.45, 7) is 7.23. The molecule has 0 aliphatic carbocycles. The summed E-state index contributed by atoms with van der Waals surface area (Å²) >= 11 is 0. The highest BCUT2D eigenvalue weighted by molar-refractivity contribution is 7.92. The van der Waals surface area contributed by atoms with E-state index in [1.54, 1.807) is 27.9 Å². The van der Waals surface area contributed by atoms with Crippen molar-refractivity contribution in [1.29, 1.82) is 0 Å². The molecule has 0 saturated carbocycles. The zero-order chi connectivity index (χ0) is 14.7. The van der Waals surface area contributed by atoms with Crippen LogP contribution in [0.3, 0.4) is 0 Å². The average Bonchev–Trinajstić information content (AvgIpc) is 2.34. The molecule has 114 valence electrons. The molecule has 0 amide bonds. The number of piperidine rings is 1. The second-order valence-corrected chi connectivity index (χ2v) is 9.10. The Balaban J connectivity index is 2.58. The fourth-order valence-corrected chi connectivity index (χ4v) is 3.45. The summed E-state index contributed by atoms with van der Waals surface area (Å²) in [4.78, 5) is 2.19. The quantitative estimate of drug-likeness (QED) is 0.805. The van der Waals surface area contributed by atoms with Gasteiger partial charge in [0.05, 0.1) is 16.6 Å². The van der Waals surface area contributed by atoms with Crippen molar-refractivity contribution in [3.63, 3.8) is 0 Å². The summed E-state index contributed by atoms with van der Waals surface area (Å²) in [5, 5.41) is 0. The monoisotopic (exact) mass is 292 g/mol. The molecule has 19 heavy (non-hydrogen) atoms. The number of nitrogens with zero attached hydrogens (tertiary/aromatic N) is 1. The van der Waals surface area contributed by atoms with Crippen LogP contribution in [0, 0.1) is 0 Å². The third kappa shape index (κ3) is 4.41. The number of sulfone groups is 1. The van der Waals surface area contributed by atoms with Gasteiger partial charge in [0.15, 0.2) is 9.84 Å². The molecule has 2 N–H and O–H groups in total. The summed E-state index contributed by atoms with van der Waals surface area (Å²) in [5.74, 6) is 0.199. The predicted octanol–water partition coefficient (Wildman–Crippen LogP) is 0.638. The average molecular weight is 292 g/mol. The molecule has 6 heteroatoms. The third-order valence-electron chi connectivity index (χ3n) is 3.98. The first-order valence-corrected chi connectivity index (χ1v) is 8.55. The van der Waals surface area contributed by atoms with Crippen molar-refractivity contribution in [1.82, 2.24) is 4.90 Å². The molecule has 1 rings (SSSR count). The Hall–Kier alpha value is -0.170. The van der Waals surface area contributed by atoms with Gasteiger partial charge in [0.1, 0.15) is 0 Å². The maximum Gasteiger partial charge on any atom is 0.156 e. The van der Waals surface area contributed by atoms with Crippen LogP contribution in [-0.2, 0) is 14.6 Å². The second kappa shape index (κ2) is 6.52. The van der Waals surface area contributed by atoms with Gasteiger partial charge in [0, 0.05) is 32.8 Å². The van der Waals surface area contributed by atoms with E-state index in [-0.39, 0.29) is 17.9 Å². The van der Waals surface area contributed by atoms with E-state index in [9.17, 15) is 8.42 Å². The Kier molecular flexibility index (Phi) is 5.79. The van der Waals surface area contributed by atoms with Crippen molar-refractivity contribution in [2.45, 2.75) is 50.5 Å². The van der Waals surface area contributed by atoms with Gasteiger partial charge in [-0.1, -0.05) is 0 Å². The van der Waals surface area contributed by atoms with Crippen LogP contribution in [0.25, 0.3) is 0 Å². The zero-order valence-corrected chi connectivity index (χ0v) is 13.4. The largest absolute Gasteiger partial charge is 0.381 e. The van der Waals surface area contributed by atoms with Crippen molar-refractivity contribution >= 4 is 9.84 Å². The van der Waals surface area contributed by atoms with Crippen molar-refractivity contribution in [2.24, 2.45) is 5.73 Å². The van der Waals surface area contributed by atoms with Gasteiger partial charge < -0.3 is 10.5 Å². The molecule has 0 aromatic heterocycles. The van der Waals surface area contributed by atoms with E-state index in [1.165, 1.54) is 0 Å². The Morgan fingerprint density at radius 2 is 2.00 bits per heavy atom. The van der Waals surface area contributed by atoms with Crippen LogP contribution in [0.15, 0.2) is 0 Å². The lowest BCUT2D eigenvalue weighted by Crippen LogP contribution is -2.50. The SMILES string of the molecule is COC1CCN(CCS(=O)(=O)C(C)(C)C)C(CN)C1. The molecule has 0 aromatic rings. The van der Waals surface area contributed by atoms with Gasteiger partial charge in [0.25, 0.3) is 0 Å². The Labute approximate surface area is 117 Å². The molecule has 0 radical (unpaired) electrons. The minimum atomic E-state index is -3.06. The molecular weight excluding hydrogens is 264 g/mol. The zero-order valence-electron chi connectivity index (χ0n) is 12.6. The summed E-state index contributed by atoms with van der Waals surface area (Å²) in [6, 6.07) is 0.230. The Morgan fingerprint density at radius 3 is 2.47 bits per heavy atom. The van der Waals surface area contributed by atoms with Crippen LogP contribution in [0.2, 0.25) is 0 Å². The molecule has 2 atom stereocenters. The normalized spacial score (nSPS) is 26.6. The smallest absolute Gasteiger partial charge is 0.156 e. The molecule has 1 heterocycles. The first-order chi connectivity index (χ1) is 8.71. The highest BCUT2D eigenvalue weighted by Crippen LogP contribution is 2.21.